The summed E-state index contributed by atoms with van der Waals surface area (Å²) in [4.78, 5) is 12.5. The average molecular weight is 347 g/mol. The fraction of sp³-hybridized carbons (Fsp3) is 0.278. The maximum Gasteiger partial charge on any atom is 0.343 e. The van der Waals surface area contributed by atoms with E-state index in [-0.39, 0.29) is 10.5 Å². The van der Waals surface area contributed by atoms with E-state index in [4.69, 9.17) is 4.74 Å². The van der Waals surface area contributed by atoms with Gasteiger partial charge in [0, 0.05) is 14.1 Å². The number of sulfonamides is 1. The Labute approximate surface area is 142 Å². The van der Waals surface area contributed by atoms with E-state index in [2.05, 4.69) is 0 Å². The van der Waals surface area contributed by atoms with Crippen LogP contribution in [0.1, 0.15) is 27.0 Å². The van der Waals surface area contributed by atoms with Crippen LogP contribution in [0.4, 0.5) is 0 Å². The molecular formula is C18H21NO4S. The van der Waals surface area contributed by atoms with Crippen LogP contribution in [0.25, 0.3) is 0 Å². The van der Waals surface area contributed by atoms with Crippen molar-refractivity contribution in [2.75, 3.05) is 14.1 Å². The van der Waals surface area contributed by atoms with Crippen LogP contribution in [0.5, 0.6) is 5.75 Å². The molecule has 0 aliphatic carbocycles. The second kappa shape index (κ2) is 6.75. The van der Waals surface area contributed by atoms with Crippen LogP contribution in [-0.2, 0) is 10.0 Å². The molecule has 0 saturated heterocycles. The van der Waals surface area contributed by atoms with Crippen molar-refractivity contribution in [1.82, 2.24) is 4.31 Å². The number of rotatable bonds is 4. The Morgan fingerprint density at radius 2 is 1.54 bits per heavy atom. The monoisotopic (exact) mass is 347 g/mol. The van der Waals surface area contributed by atoms with E-state index >= 15 is 0 Å². The first-order chi connectivity index (χ1) is 11.1. The third-order valence-corrected chi connectivity index (χ3v) is 5.71. The number of carbonyl (C=O) groups excluding carboxylic acids is 1. The molecule has 0 radical (unpaired) electrons. The number of benzene rings is 2. The van der Waals surface area contributed by atoms with Gasteiger partial charge in [-0.15, -0.1) is 0 Å². The summed E-state index contributed by atoms with van der Waals surface area (Å²) < 4.78 is 31.0. The lowest BCUT2D eigenvalue weighted by atomic mass is 10.1. The van der Waals surface area contributed by atoms with E-state index < -0.39 is 16.0 Å². The van der Waals surface area contributed by atoms with Gasteiger partial charge in [0.2, 0.25) is 10.0 Å². The molecule has 0 spiro atoms. The van der Waals surface area contributed by atoms with Crippen molar-refractivity contribution in [3.63, 3.8) is 0 Å². The first-order valence-corrected chi connectivity index (χ1v) is 8.89. The molecule has 0 fully saturated rings. The highest BCUT2D eigenvalue weighted by Crippen LogP contribution is 2.21. The highest BCUT2D eigenvalue weighted by atomic mass is 32.2. The number of carbonyl (C=O) groups is 1. The molecule has 2 aromatic rings. The van der Waals surface area contributed by atoms with Gasteiger partial charge in [-0.1, -0.05) is 12.1 Å². The molecule has 0 atom stereocenters. The molecule has 24 heavy (non-hydrogen) atoms. The van der Waals surface area contributed by atoms with E-state index in [0.29, 0.717) is 11.3 Å². The predicted molar refractivity (Wildman–Crippen MR) is 92.9 cm³/mol. The molecule has 6 heteroatoms. The first kappa shape index (κ1) is 18.2. The van der Waals surface area contributed by atoms with Gasteiger partial charge in [-0.2, -0.15) is 0 Å². The van der Waals surface area contributed by atoms with Crippen LogP contribution in [0, 0.1) is 20.8 Å². The van der Waals surface area contributed by atoms with Crippen LogP contribution in [-0.4, -0.2) is 32.8 Å². The lowest BCUT2D eigenvalue weighted by molar-refractivity contribution is 0.0733. The fourth-order valence-corrected chi connectivity index (χ4v) is 3.06. The highest BCUT2D eigenvalue weighted by Gasteiger charge is 2.21. The zero-order chi connectivity index (χ0) is 18.1. The molecule has 0 unspecified atom stereocenters. The van der Waals surface area contributed by atoms with Crippen LogP contribution in [0.3, 0.4) is 0 Å². The van der Waals surface area contributed by atoms with Crippen molar-refractivity contribution in [2.45, 2.75) is 25.7 Å². The van der Waals surface area contributed by atoms with E-state index in [0.717, 1.165) is 15.4 Å². The zero-order valence-electron chi connectivity index (χ0n) is 14.5. The SMILES string of the molecule is Cc1ccc(OC(=O)c2cc(S(=O)(=O)N(C)C)ccc2C)cc1C. The Morgan fingerprint density at radius 3 is 2.12 bits per heavy atom. The predicted octanol–water partition coefficient (Wildman–Crippen LogP) is 3.08. The molecule has 5 nitrogen and oxygen atoms in total. The van der Waals surface area contributed by atoms with E-state index in [1.54, 1.807) is 25.1 Å². The molecule has 0 N–H and O–H groups in total. The molecule has 0 heterocycles. The van der Waals surface area contributed by atoms with Crippen LogP contribution >= 0.6 is 0 Å². The molecule has 0 aromatic heterocycles. The molecule has 2 aromatic carbocycles. The summed E-state index contributed by atoms with van der Waals surface area (Å²) in [6, 6.07) is 9.82. The normalized spacial score (nSPS) is 11.6. The van der Waals surface area contributed by atoms with E-state index in [1.165, 1.54) is 26.2 Å². The Hall–Kier alpha value is -2.18. The van der Waals surface area contributed by atoms with Crippen molar-refractivity contribution >= 4 is 16.0 Å². The number of nitrogens with zero attached hydrogens (tertiary/aromatic N) is 1. The summed E-state index contributed by atoms with van der Waals surface area (Å²) in [7, 11) is -0.716. The largest absolute Gasteiger partial charge is 0.423 e. The van der Waals surface area contributed by atoms with Crippen LogP contribution in [0.15, 0.2) is 41.3 Å². The molecule has 0 amide bonds. The second-order valence-electron chi connectivity index (χ2n) is 5.90. The van der Waals surface area contributed by atoms with Crippen LogP contribution in [0.2, 0.25) is 0 Å². The summed E-state index contributed by atoms with van der Waals surface area (Å²) in [5.41, 5.74) is 3.00. The third-order valence-electron chi connectivity index (χ3n) is 3.90. The summed E-state index contributed by atoms with van der Waals surface area (Å²) in [6.45, 7) is 5.64. The number of esters is 1. The standard InChI is InChI=1S/C18H21NO4S/c1-12-6-8-15(10-14(12)3)23-18(20)17-11-16(9-7-13(17)2)24(21,22)19(4)5/h6-11H,1-5H3. The van der Waals surface area contributed by atoms with Gasteiger partial charge in [-0.3, -0.25) is 0 Å². The van der Waals surface area contributed by atoms with Crippen LogP contribution < -0.4 is 4.74 Å². The zero-order valence-corrected chi connectivity index (χ0v) is 15.3. The average Bonchev–Trinajstić information content (AvgIpc) is 2.51. The number of hydrogen-bond donors (Lipinski definition) is 0. The minimum Gasteiger partial charge on any atom is -0.423 e. The lowest BCUT2D eigenvalue weighted by Crippen LogP contribution is -2.23. The molecule has 0 bridgehead atoms. The van der Waals surface area contributed by atoms with Crippen molar-refractivity contribution in [3.8, 4) is 5.75 Å². The van der Waals surface area contributed by atoms with E-state index in [9.17, 15) is 13.2 Å². The highest BCUT2D eigenvalue weighted by molar-refractivity contribution is 7.89. The summed E-state index contributed by atoms with van der Waals surface area (Å²) in [5.74, 6) is -0.144. The first-order valence-electron chi connectivity index (χ1n) is 7.45. The Kier molecular flexibility index (Phi) is 5.11. The molecular weight excluding hydrogens is 326 g/mol. The Bertz CT molecular complexity index is 886. The topological polar surface area (TPSA) is 63.7 Å². The number of aryl methyl sites for hydroxylation is 3. The van der Waals surface area contributed by atoms with E-state index in [1.807, 2.05) is 19.9 Å². The van der Waals surface area contributed by atoms with Gasteiger partial charge in [0.15, 0.2) is 0 Å². The van der Waals surface area contributed by atoms with Crippen molar-refractivity contribution in [2.24, 2.45) is 0 Å². The van der Waals surface area contributed by atoms with Gasteiger partial charge in [-0.25, -0.2) is 17.5 Å². The summed E-state index contributed by atoms with van der Waals surface area (Å²) in [5, 5.41) is 0. The third kappa shape index (κ3) is 3.66. The van der Waals surface area contributed by atoms with Crippen molar-refractivity contribution in [1.29, 1.82) is 0 Å². The molecule has 128 valence electrons. The molecule has 0 saturated carbocycles. The quantitative estimate of drug-likeness (QED) is 0.630. The van der Waals surface area contributed by atoms with Gasteiger partial charge in [0.05, 0.1) is 10.5 Å². The van der Waals surface area contributed by atoms with Gasteiger partial charge in [-0.05, 0) is 61.7 Å². The Balaban J connectivity index is 2.37. The smallest absolute Gasteiger partial charge is 0.343 e. The van der Waals surface area contributed by atoms with Crippen molar-refractivity contribution < 1.29 is 17.9 Å². The minimum atomic E-state index is -3.61. The lowest BCUT2D eigenvalue weighted by Gasteiger charge is -2.13. The summed E-state index contributed by atoms with van der Waals surface area (Å²) in [6.07, 6.45) is 0. The van der Waals surface area contributed by atoms with Gasteiger partial charge < -0.3 is 4.74 Å². The minimum absolute atomic E-state index is 0.0603. The Morgan fingerprint density at radius 1 is 0.917 bits per heavy atom. The van der Waals surface area contributed by atoms with Gasteiger partial charge >= 0.3 is 5.97 Å². The number of ether oxygens (including phenoxy) is 1. The molecule has 0 aliphatic rings. The maximum absolute atomic E-state index is 12.4. The fourth-order valence-electron chi connectivity index (χ4n) is 2.13. The number of hydrogen-bond acceptors (Lipinski definition) is 4. The second-order valence-corrected chi connectivity index (χ2v) is 8.05. The maximum atomic E-state index is 12.4. The van der Waals surface area contributed by atoms with Crippen molar-refractivity contribution in [3.05, 3.63) is 58.7 Å². The van der Waals surface area contributed by atoms with Gasteiger partial charge in [0.1, 0.15) is 5.75 Å². The molecule has 0 aliphatic heterocycles. The summed E-state index contributed by atoms with van der Waals surface area (Å²) >= 11 is 0. The molecule has 2 rings (SSSR count). The van der Waals surface area contributed by atoms with Gasteiger partial charge in [0.25, 0.3) is 0 Å².